The first kappa shape index (κ1) is 27.2. The van der Waals surface area contributed by atoms with E-state index in [1.165, 1.54) is 5.56 Å². The van der Waals surface area contributed by atoms with E-state index in [2.05, 4.69) is 40.0 Å². The fourth-order valence-corrected chi connectivity index (χ4v) is 4.62. The quantitative estimate of drug-likeness (QED) is 0.263. The first-order valence-corrected chi connectivity index (χ1v) is 11.3. The number of rotatable bonds is 6. The van der Waals surface area contributed by atoms with Crippen molar-refractivity contribution in [3.63, 3.8) is 0 Å². The number of hydrogen-bond acceptors (Lipinski definition) is 3. The van der Waals surface area contributed by atoms with Crippen molar-refractivity contribution >= 4 is 29.9 Å². The maximum absolute atomic E-state index is 12.9. The van der Waals surface area contributed by atoms with E-state index in [9.17, 15) is 13.2 Å². The van der Waals surface area contributed by atoms with Crippen molar-refractivity contribution in [2.45, 2.75) is 69.2 Å². The van der Waals surface area contributed by atoms with Gasteiger partial charge in [0.2, 0.25) is 0 Å². The lowest BCUT2D eigenvalue weighted by atomic mass is 9.85. The highest BCUT2D eigenvalue weighted by atomic mass is 127. The van der Waals surface area contributed by atoms with Gasteiger partial charge in [-0.15, -0.1) is 24.0 Å². The largest absolute Gasteiger partial charge is 0.391 e. The van der Waals surface area contributed by atoms with Crippen LogP contribution in [0.1, 0.15) is 57.1 Å². The van der Waals surface area contributed by atoms with Gasteiger partial charge in [0.25, 0.3) is 0 Å². The Balaban J connectivity index is 0.00000363. The van der Waals surface area contributed by atoms with E-state index < -0.39 is 12.1 Å². The molecule has 3 rings (SSSR count). The predicted molar refractivity (Wildman–Crippen MR) is 132 cm³/mol. The minimum Gasteiger partial charge on any atom is -0.381 e. The van der Waals surface area contributed by atoms with E-state index in [0.717, 1.165) is 12.8 Å². The van der Waals surface area contributed by atoms with Crippen molar-refractivity contribution in [2.75, 3.05) is 26.8 Å². The lowest BCUT2D eigenvalue weighted by molar-refractivity contribution is -0.182. The second-order valence-electron chi connectivity index (χ2n) is 8.83. The SMILES string of the molecule is CN=C(NCC1(NC(C)c2ccccc2)CCOCC1)NC1CCC(C(F)(F)F)CC1.I. The number of ether oxygens (including phenoxy) is 1. The molecule has 1 atom stereocenters. The van der Waals surface area contributed by atoms with Crippen LogP contribution in [0.25, 0.3) is 0 Å². The molecule has 1 saturated heterocycles. The number of nitrogens with one attached hydrogen (secondary N) is 3. The summed E-state index contributed by atoms with van der Waals surface area (Å²) in [5, 5.41) is 10.6. The molecule has 0 amide bonds. The third-order valence-corrected chi connectivity index (χ3v) is 6.62. The molecule has 2 aliphatic rings. The molecule has 1 heterocycles. The van der Waals surface area contributed by atoms with E-state index in [0.29, 0.717) is 38.6 Å². The highest BCUT2D eigenvalue weighted by Gasteiger charge is 2.41. The van der Waals surface area contributed by atoms with Crippen LogP contribution in [0, 0.1) is 5.92 Å². The third kappa shape index (κ3) is 7.76. The summed E-state index contributed by atoms with van der Waals surface area (Å²) in [6.07, 6.45) is -0.956. The van der Waals surface area contributed by atoms with Crippen LogP contribution in [-0.2, 0) is 4.74 Å². The Hall–Kier alpha value is -1.07. The first-order chi connectivity index (χ1) is 14.8. The van der Waals surface area contributed by atoms with Crippen molar-refractivity contribution in [1.29, 1.82) is 0 Å². The molecule has 0 bridgehead atoms. The molecule has 0 spiro atoms. The fraction of sp³-hybridized carbons (Fsp3) is 0.696. The number of halogens is 4. The highest BCUT2D eigenvalue weighted by Crippen LogP contribution is 2.37. The van der Waals surface area contributed by atoms with Gasteiger partial charge in [-0.3, -0.25) is 4.99 Å². The molecular formula is C23H36F3IN4O. The Morgan fingerprint density at radius 2 is 1.75 bits per heavy atom. The zero-order valence-electron chi connectivity index (χ0n) is 18.9. The van der Waals surface area contributed by atoms with E-state index >= 15 is 0 Å². The summed E-state index contributed by atoms with van der Waals surface area (Å²) in [6.45, 7) is 4.23. The Morgan fingerprint density at radius 3 is 2.31 bits per heavy atom. The lowest BCUT2D eigenvalue weighted by Gasteiger charge is -2.41. The van der Waals surface area contributed by atoms with Gasteiger partial charge >= 0.3 is 6.18 Å². The van der Waals surface area contributed by atoms with Crippen molar-refractivity contribution in [2.24, 2.45) is 10.9 Å². The first-order valence-electron chi connectivity index (χ1n) is 11.3. The van der Waals surface area contributed by atoms with Gasteiger partial charge < -0.3 is 20.7 Å². The molecule has 1 saturated carbocycles. The van der Waals surface area contributed by atoms with Gasteiger partial charge in [-0.1, -0.05) is 30.3 Å². The average molecular weight is 568 g/mol. The number of hydrogen-bond donors (Lipinski definition) is 3. The summed E-state index contributed by atoms with van der Waals surface area (Å²) >= 11 is 0. The molecule has 2 fully saturated rings. The van der Waals surface area contributed by atoms with Crippen molar-refractivity contribution in [1.82, 2.24) is 16.0 Å². The molecule has 3 N–H and O–H groups in total. The molecule has 1 aliphatic carbocycles. The summed E-state index contributed by atoms with van der Waals surface area (Å²) in [6, 6.07) is 10.6. The van der Waals surface area contributed by atoms with Crippen molar-refractivity contribution in [3.8, 4) is 0 Å². The predicted octanol–water partition coefficient (Wildman–Crippen LogP) is 4.79. The van der Waals surface area contributed by atoms with E-state index in [1.54, 1.807) is 7.05 Å². The van der Waals surface area contributed by atoms with Gasteiger partial charge in [0.1, 0.15) is 0 Å². The van der Waals surface area contributed by atoms with Crippen LogP contribution in [-0.4, -0.2) is 50.5 Å². The van der Waals surface area contributed by atoms with Gasteiger partial charge in [0.05, 0.1) is 5.92 Å². The van der Waals surface area contributed by atoms with Crippen LogP contribution in [0.3, 0.4) is 0 Å². The molecule has 32 heavy (non-hydrogen) atoms. The second-order valence-corrected chi connectivity index (χ2v) is 8.83. The zero-order chi connectivity index (χ0) is 22.3. The topological polar surface area (TPSA) is 57.7 Å². The van der Waals surface area contributed by atoms with E-state index in [1.807, 2.05) is 18.2 Å². The number of guanidine groups is 1. The Labute approximate surface area is 206 Å². The molecule has 0 radical (unpaired) electrons. The summed E-state index contributed by atoms with van der Waals surface area (Å²) in [7, 11) is 1.70. The van der Waals surface area contributed by atoms with Gasteiger partial charge in [-0.25, -0.2) is 0 Å². The van der Waals surface area contributed by atoms with Crippen LogP contribution in [0.15, 0.2) is 35.3 Å². The minimum atomic E-state index is -4.08. The average Bonchev–Trinajstić information content (AvgIpc) is 2.77. The number of nitrogens with zero attached hydrogens (tertiary/aromatic N) is 1. The Bertz CT molecular complexity index is 703. The molecule has 0 aromatic heterocycles. The maximum Gasteiger partial charge on any atom is 0.391 e. The van der Waals surface area contributed by atoms with E-state index in [-0.39, 0.29) is 54.4 Å². The molecule has 182 valence electrons. The van der Waals surface area contributed by atoms with Crippen LogP contribution in [0.2, 0.25) is 0 Å². The van der Waals surface area contributed by atoms with Crippen LogP contribution < -0.4 is 16.0 Å². The third-order valence-electron chi connectivity index (χ3n) is 6.62. The minimum absolute atomic E-state index is 0. The maximum atomic E-state index is 12.9. The molecule has 1 aromatic carbocycles. The lowest BCUT2D eigenvalue weighted by Crippen LogP contribution is -2.59. The normalized spacial score (nSPS) is 24.8. The number of alkyl halides is 3. The van der Waals surface area contributed by atoms with Gasteiger partial charge in [-0.05, 0) is 51.0 Å². The molecule has 1 aromatic rings. The van der Waals surface area contributed by atoms with E-state index in [4.69, 9.17) is 4.74 Å². The zero-order valence-corrected chi connectivity index (χ0v) is 21.2. The summed E-state index contributed by atoms with van der Waals surface area (Å²) < 4.78 is 44.4. The molecule has 5 nitrogen and oxygen atoms in total. The van der Waals surface area contributed by atoms with Crippen LogP contribution in [0.4, 0.5) is 13.2 Å². The number of aliphatic imine (C=N–C) groups is 1. The van der Waals surface area contributed by atoms with Gasteiger partial charge in [0.15, 0.2) is 5.96 Å². The van der Waals surface area contributed by atoms with Crippen LogP contribution >= 0.6 is 24.0 Å². The molecule has 1 aliphatic heterocycles. The fourth-order valence-electron chi connectivity index (χ4n) is 4.62. The molecular weight excluding hydrogens is 532 g/mol. The summed E-state index contributed by atoms with van der Waals surface area (Å²) in [4.78, 5) is 4.32. The smallest absolute Gasteiger partial charge is 0.381 e. The standard InChI is InChI=1S/C23H35F3N4O.HI/c1-17(18-6-4-3-5-7-18)30-22(12-14-31-15-13-22)16-28-21(27-2)29-20-10-8-19(9-11-20)23(24,25)26;/h3-7,17,19-20,30H,8-16H2,1-2H3,(H2,27,28,29);1H. The van der Waals surface area contributed by atoms with Gasteiger partial charge in [0, 0.05) is 44.4 Å². The second kappa shape index (κ2) is 12.4. The highest BCUT2D eigenvalue weighted by molar-refractivity contribution is 14.0. The Morgan fingerprint density at radius 1 is 1.12 bits per heavy atom. The molecule has 9 heteroatoms. The van der Waals surface area contributed by atoms with Crippen molar-refractivity contribution in [3.05, 3.63) is 35.9 Å². The monoisotopic (exact) mass is 568 g/mol. The summed E-state index contributed by atoms with van der Waals surface area (Å²) in [5.41, 5.74) is 1.09. The number of benzene rings is 1. The van der Waals surface area contributed by atoms with Gasteiger partial charge in [-0.2, -0.15) is 13.2 Å². The summed E-state index contributed by atoms with van der Waals surface area (Å²) in [5.74, 6) is -0.523. The molecule has 1 unspecified atom stereocenters. The van der Waals surface area contributed by atoms with Crippen LogP contribution in [0.5, 0.6) is 0 Å². The van der Waals surface area contributed by atoms with Crippen molar-refractivity contribution < 1.29 is 17.9 Å². The Kier molecular flexibility index (Phi) is 10.5.